The highest BCUT2D eigenvalue weighted by Gasteiger charge is 2.23. The fourth-order valence-electron chi connectivity index (χ4n) is 8.44. The number of unbranched alkanes of at least 4 members (excludes halogenated alkanes) is 1. The molecule has 0 N–H and O–H groups in total. The molecule has 2 aliphatic heterocycles. The summed E-state index contributed by atoms with van der Waals surface area (Å²) in [6.45, 7) is 13.1. The number of fused-ring (bicyclic) bond motifs is 2. The molecular formula is C43H54Cl2N6O2. The third-order valence-corrected chi connectivity index (χ3v) is 12.0. The lowest BCUT2D eigenvalue weighted by Crippen LogP contribution is -2.46. The van der Waals surface area contributed by atoms with Crippen molar-refractivity contribution in [1.29, 1.82) is 0 Å². The molecule has 10 heteroatoms. The first kappa shape index (κ1) is 37.7. The number of aromatic nitrogens is 2. The number of carbonyl (C=O) groups is 2. The van der Waals surface area contributed by atoms with Crippen LogP contribution >= 0.6 is 23.2 Å². The molecule has 2 aromatic carbocycles. The second-order valence-corrected chi connectivity index (χ2v) is 15.8. The van der Waals surface area contributed by atoms with E-state index < -0.39 is 0 Å². The minimum absolute atomic E-state index is 0.323. The molecule has 8 rings (SSSR count). The van der Waals surface area contributed by atoms with Gasteiger partial charge in [-0.05, 0) is 119 Å². The predicted octanol–water partition coefficient (Wildman–Crippen LogP) is 8.14. The lowest BCUT2D eigenvalue weighted by molar-refractivity contribution is 0.0963. The Morgan fingerprint density at radius 2 is 0.849 bits per heavy atom. The first-order chi connectivity index (χ1) is 25.9. The summed E-state index contributed by atoms with van der Waals surface area (Å²) in [4.78, 5) is 33.9. The van der Waals surface area contributed by atoms with Gasteiger partial charge >= 0.3 is 0 Å². The number of aryl methyl sites for hydroxylation is 2. The van der Waals surface area contributed by atoms with Gasteiger partial charge in [-0.3, -0.25) is 19.4 Å². The lowest BCUT2D eigenvalue weighted by Gasteiger charge is -2.36. The van der Waals surface area contributed by atoms with Crippen LogP contribution in [0.2, 0.25) is 10.0 Å². The first-order valence-corrected chi connectivity index (χ1v) is 20.5. The number of ketones is 2. The minimum atomic E-state index is 0.323. The zero-order chi connectivity index (χ0) is 36.6. The number of halogens is 2. The molecule has 8 nitrogen and oxygen atoms in total. The molecule has 0 saturated carbocycles. The van der Waals surface area contributed by atoms with Gasteiger partial charge < -0.3 is 18.9 Å². The van der Waals surface area contributed by atoms with E-state index in [2.05, 4.69) is 65.4 Å². The van der Waals surface area contributed by atoms with E-state index in [1.165, 1.54) is 35.6 Å². The van der Waals surface area contributed by atoms with Gasteiger partial charge in [-0.15, -0.1) is 0 Å². The maximum Gasteiger partial charge on any atom is 0.164 e. The van der Waals surface area contributed by atoms with E-state index in [0.717, 1.165) is 145 Å². The Hall–Kier alpha value is -3.56. The molecule has 0 spiro atoms. The van der Waals surface area contributed by atoms with E-state index in [4.69, 9.17) is 23.2 Å². The number of nitrogens with zero attached hydrogens (tertiary/aromatic N) is 6. The molecule has 0 unspecified atom stereocenters. The number of hydrogen-bond acceptors (Lipinski definition) is 6. The summed E-state index contributed by atoms with van der Waals surface area (Å²) in [5.74, 6) is 0.650. The Kier molecular flexibility index (Phi) is 12.9. The number of hydrogen-bond donors (Lipinski definition) is 0. The average Bonchev–Trinajstić information content (AvgIpc) is 3.81. The minimum Gasteiger partial charge on any atom is -0.369 e. The van der Waals surface area contributed by atoms with Gasteiger partial charge in [0.05, 0.1) is 0 Å². The van der Waals surface area contributed by atoms with Crippen LogP contribution in [0.1, 0.15) is 77.0 Å². The highest BCUT2D eigenvalue weighted by Crippen LogP contribution is 2.25. The summed E-state index contributed by atoms with van der Waals surface area (Å²) in [6.07, 6.45) is 13.3. The maximum absolute atomic E-state index is 12.0. The topological polar surface area (TPSA) is 57.0 Å². The summed E-state index contributed by atoms with van der Waals surface area (Å²) >= 11 is 12.0. The number of Topliss-reactive ketones (excluding diaryl/α,β-unsaturated/α-hetero) is 2. The molecular weight excluding hydrogens is 703 g/mol. The Balaban J connectivity index is 0.000000164. The SMILES string of the molecule is O=C1CCCc2c1ccn2CCCCN1CCN(c2ccc(Cl)cc2)CC1.O=C1CCCc2c1ccn2CCCN1CCN(c2ccc(Cl)cc2)CC1. The normalized spacial score (nSPS) is 18.1. The van der Waals surface area contributed by atoms with Gasteiger partial charge in [0.1, 0.15) is 0 Å². The van der Waals surface area contributed by atoms with E-state index in [0.29, 0.717) is 11.6 Å². The fraction of sp³-hybridized carbons (Fsp3) is 0.488. The van der Waals surface area contributed by atoms with E-state index >= 15 is 0 Å². The molecule has 2 fully saturated rings. The Labute approximate surface area is 325 Å². The average molecular weight is 758 g/mol. The van der Waals surface area contributed by atoms with Crippen LogP contribution < -0.4 is 9.80 Å². The molecule has 0 amide bonds. The standard InChI is InChI=1S/C22H28ClN3O.C21H26ClN3O/c23-18-6-8-19(9-7-18)25-16-14-24(15-17-25)11-1-2-12-26-13-10-20-21(26)4-3-5-22(20)27;22-17-5-7-18(8-6-17)24-15-13-23(14-16-24)10-2-11-25-12-9-19-20(25)3-1-4-21(19)26/h6-10,13H,1-5,11-12,14-17H2;5-9,12H,1-4,10-11,13-16H2. The van der Waals surface area contributed by atoms with Crippen molar-refractivity contribution in [3.8, 4) is 0 Å². The van der Waals surface area contributed by atoms with Crippen LogP contribution in [0.3, 0.4) is 0 Å². The third-order valence-electron chi connectivity index (χ3n) is 11.5. The van der Waals surface area contributed by atoms with Crippen LogP contribution in [-0.2, 0) is 25.9 Å². The van der Waals surface area contributed by atoms with Crippen molar-refractivity contribution in [1.82, 2.24) is 18.9 Å². The van der Waals surface area contributed by atoms with Crippen molar-refractivity contribution in [2.24, 2.45) is 0 Å². The third kappa shape index (κ3) is 9.76. The molecule has 2 aliphatic carbocycles. The van der Waals surface area contributed by atoms with E-state index in [1.807, 2.05) is 36.4 Å². The van der Waals surface area contributed by atoms with Crippen LogP contribution in [0.25, 0.3) is 0 Å². The van der Waals surface area contributed by atoms with Crippen molar-refractivity contribution in [3.05, 3.63) is 106 Å². The van der Waals surface area contributed by atoms with Gasteiger partial charge in [0.25, 0.3) is 0 Å². The van der Waals surface area contributed by atoms with Gasteiger partial charge in [-0.25, -0.2) is 0 Å². The van der Waals surface area contributed by atoms with Crippen LogP contribution in [-0.4, -0.2) is 95.9 Å². The van der Waals surface area contributed by atoms with E-state index in [1.54, 1.807) is 0 Å². The van der Waals surface area contributed by atoms with Crippen LogP contribution in [0, 0.1) is 0 Å². The van der Waals surface area contributed by atoms with Gasteiger partial charge in [0.2, 0.25) is 0 Å². The van der Waals surface area contributed by atoms with Gasteiger partial charge in [-0.1, -0.05) is 23.2 Å². The molecule has 0 radical (unpaired) electrons. The summed E-state index contributed by atoms with van der Waals surface area (Å²) in [6, 6.07) is 20.3. The van der Waals surface area contributed by atoms with Crippen LogP contribution in [0.15, 0.2) is 73.1 Å². The molecule has 282 valence electrons. The van der Waals surface area contributed by atoms with Gasteiger partial charge in [0, 0.05) is 135 Å². The van der Waals surface area contributed by atoms with Crippen molar-refractivity contribution in [2.75, 3.05) is 75.2 Å². The number of piperazine rings is 2. The quantitative estimate of drug-likeness (QED) is 0.144. The number of benzene rings is 2. The monoisotopic (exact) mass is 756 g/mol. The Morgan fingerprint density at radius 1 is 0.453 bits per heavy atom. The highest BCUT2D eigenvalue weighted by atomic mass is 35.5. The largest absolute Gasteiger partial charge is 0.369 e. The molecule has 4 aliphatic rings. The van der Waals surface area contributed by atoms with Crippen LogP contribution in [0.5, 0.6) is 0 Å². The molecule has 0 atom stereocenters. The fourth-order valence-corrected chi connectivity index (χ4v) is 8.69. The van der Waals surface area contributed by atoms with E-state index in [-0.39, 0.29) is 0 Å². The Bertz CT molecular complexity index is 1800. The zero-order valence-electron chi connectivity index (χ0n) is 31.0. The van der Waals surface area contributed by atoms with Gasteiger partial charge in [-0.2, -0.15) is 0 Å². The van der Waals surface area contributed by atoms with Crippen molar-refractivity contribution in [3.63, 3.8) is 0 Å². The molecule has 2 saturated heterocycles. The second kappa shape index (κ2) is 18.2. The van der Waals surface area contributed by atoms with Crippen molar-refractivity contribution < 1.29 is 9.59 Å². The number of anilines is 2. The van der Waals surface area contributed by atoms with Gasteiger partial charge in [0.15, 0.2) is 11.6 Å². The zero-order valence-corrected chi connectivity index (χ0v) is 32.5. The molecule has 0 bridgehead atoms. The maximum atomic E-state index is 12.0. The smallest absolute Gasteiger partial charge is 0.164 e. The second-order valence-electron chi connectivity index (χ2n) is 15.0. The number of rotatable bonds is 11. The summed E-state index contributed by atoms with van der Waals surface area (Å²) in [7, 11) is 0. The van der Waals surface area contributed by atoms with E-state index in [9.17, 15) is 9.59 Å². The highest BCUT2D eigenvalue weighted by molar-refractivity contribution is 6.30. The lowest BCUT2D eigenvalue weighted by atomic mass is 9.97. The van der Waals surface area contributed by atoms with Crippen molar-refractivity contribution >= 4 is 46.1 Å². The predicted molar refractivity (Wildman–Crippen MR) is 217 cm³/mol. The first-order valence-electron chi connectivity index (χ1n) is 19.8. The molecule has 53 heavy (non-hydrogen) atoms. The summed E-state index contributed by atoms with van der Waals surface area (Å²) < 4.78 is 4.61. The van der Waals surface area contributed by atoms with Crippen molar-refractivity contribution in [2.45, 2.75) is 70.9 Å². The van der Waals surface area contributed by atoms with Crippen LogP contribution in [0.4, 0.5) is 11.4 Å². The summed E-state index contributed by atoms with van der Waals surface area (Å²) in [5, 5.41) is 1.59. The Morgan fingerprint density at radius 3 is 1.30 bits per heavy atom. The summed E-state index contributed by atoms with van der Waals surface area (Å²) in [5.41, 5.74) is 6.99. The molecule has 4 aromatic rings. The number of carbonyl (C=O) groups excluding carboxylic acids is 2. The molecule has 4 heterocycles. The molecule has 2 aromatic heterocycles.